The molecule has 0 aliphatic carbocycles. The van der Waals surface area contributed by atoms with Gasteiger partial charge in [0.15, 0.2) is 11.6 Å². The van der Waals surface area contributed by atoms with Crippen molar-refractivity contribution in [2.24, 2.45) is 0 Å². The van der Waals surface area contributed by atoms with Crippen molar-refractivity contribution >= 4 is 16.8 Å². The summed E-state index contributed by atoms with van der Waals surface area (Å²) in [5, 5.41) is -0.619. The number of para-hydroxylation sites is 1. The zero-order chi connectivity index (χ0) is 16.4. The Hall–Kier alpha value is -2.66. The van der Waals surface area contributed by atoms with Crippen molar-refractivity contribution in [1.82, 2.24) is 9.55 Å². The van der Waals surface area contributed by atoms with Gasteiger partial charge in [-0.15, -0.1) is 0 Å². The number of hydrogen-bond acceptors (Lipinski definition) is 3. The van der Waals surface area contributed by atoms with Crippen LogP contribution in [-0.2, 0) is 0 Å². The third-order valence-electron chi connectivity index (χ3n) is 3.41. The average Bonchev–Trinajstić information content (AvgIpc) is 3.05. The van der Waals surface area contributed by atoms with Crippen molar-refractivity contribution in [1.29, 1.82) is 0 Å². The lowest BCUT2D eigenvalue weighted by Crippen LogP contribution is -1.94. The molecular weight excluding hydrogens is 319 g/mol. The highest BCUT2D eigenvalue weighted by atomic mass is 35.5. The molecule has 1 heterocycles. The molecule has 23 heavy (non-hydrogen) atoms. The number of aromatic nitrogens is 2. The summed E-state index contributed by atoms with van der Waals surface area (Å²) in [4.78, 5) is 15.1. The molecule has 0 bridgehead atoms. The molecule has 0 atom stereocenters. The number of benzene rings is 2. The number of carbonyl (C=O) groups is 1. The lowest BCUT2D eigenvalue weighted by atomic mass is 10.0. The minimum atomic E-state index is -0.619. The van der Waals surface area contributed by atoms with Crippen LogP contribution < -0.4 is 4.74 Å². The summed E-state index contributed by atoms with van der Waals surface area (Å²) in [7, 11) is 1.43. The number of imidazole rings is 1. The lowest BCUT2D eigenvalue weighted by molar-refractivity contribution is 0.107. The maximum absolute atomic E-state index is 13.9. The first-order chi connectivity index (χ1) is 11.1. The molecule has 116 valence electrons. The van der Waals surface area contributed by atoms with Gasteiger partial charge in [-0.25, -0.2) is 9.37 Å². The Morgan fingerprint density at radius 3 is 2.74 bits per heavy atom. The van der Waals surface area contributed by atoms with Gasteiger partial charge in [-0.2, -0.15) is 0 Å². The average molecular weight is 331 g/mol. The van der Waals surface area contributed by atoms with Gasteiger partial charge >= 0.3 is 0 Å². The standard InChI is InChI=1S/C17H12ClFN2O2/c1-23-16-13(6-3-7-14(16)19)11-4-2-5-12(8-11)21-9-15(17(18)22)20-10-21/h2-10H,1H3. The quantitative estimate of drug-likeness (QED) is 0.677. The van der Waals surface area contributed by atoms with Crippen LogP contribution in [0.1, 0.15) is 10.5 Å². The van der Waals surface area contributed by atoms with Crippen molar-refractivity contribution in [3.8, 4) is 22.6 Å². The summed E-state index contributed by atoms with van der Waals surface area (Å²) in [6.07, 6.45) is 3.04. The Morgan fingerprint density at radius 2 is 2.04 bits per heavy atom. The number of carbonyl (C=O) groups excluding carboxylic acids is 1. The lowest BCUT2D eigenvalue weighted by Gasteiger charge is -2.11. The van der Waals surface area contributed by atoms with Gasteiger partial charge in [0.25, 0.3) is 5.24 Å². The molecule has 0 spiro atoms. The zero-order valence-corrected chi connectivity index (χ0v) is 12.9. The molecule has 4 nitrogen and oxygen atoms in total. The number of methoxy groups -OCH3 is 1. The van der Waals surface area contributed by atoms with Crippen molar-refractivity contribution < 1.29 is 13.9 Å². The van der Waals surface area contributed by atoms with Gasteiger partial charge in [-0.3, -0.25) is 4.79 Å². The minimum absolute atomic E-state index is 0.167. The number of halogens is 2. The second-order valence-corrected chi connectivity index (χ2v) is 5.15. The van der Waals surface area contributed by atoms with E-state index in [0.29, 0.717) is 5.56 Å². The Balaban J connectivity index is 2.06. The molecule has 1 aromatic heterocycles. The van der Waals surface area contributed by atoms with Crippen LogP contribution in [0.4, 0.5) is 4.39 Å². The first kappa shape index (κ1) is 15.2. The summed E-state index contributed by atoms with van der Waals surface area (Å²) in [6, 6.07) is 12.1. The van der Waals surface area contributed by atoms with E-state index in [1.54, 1.807) is 16.7 Å². The van der Waals surface area contributed by atoms with Crippen LogP contribution in [0.25, 0.3) is 16.8 Å². The van der Waals surface area contributed by atoms with Crippen molar-refractivity contribution in [2.75, 3.05) is 7.11 Å². The van der Waals surface area contributed by atoms with Gasteiger partial charge in [0, 0.05) is 17.4 Å². The fourth-order valence-corrected chi connectivity index (χ4v) is 2.44. The molecule has 0 unspecified atom stereocenters. The predicted molar refractivity (Wildman–Crippen MR) is 85.7 cm³/mol. The molecule has 0 aliphatic heterocycles. The van der Waals surface area contributed by atoms with Gasteiger partial charge in [0.2, 0.25) is 0 Å². The van der Waals surface area contributed by atoms with E-state index in [-0.39, 0.29) is 11.4 Å². The fourth-order valence-electron chi connectivity index (χ4n) is 2.34. The minimum Gasteiger partial charge on any atom is -0.493 e. The van der Waals surface area contributed by atoms with Gasteiger partial charge in [0.1, 0.15) is 12.0 Å². The van der Waals surface area contributed by atoms with Crippen LogP contribution in [0.5, 0.6) is 5.75 Å². The Morgan fingerprint density at radius 1 is 1.26 bits per heavy atom. The third-order valence-corrected chi connectivity index (χ3v) is 3.60. The number of hydrogen-bond donors (Lipinski definition) is 0. The van der Waals surface area contributed by atoms with Gasteiger partial charge in [0.05, 0.1) is 7.11 Å². The highest BCUT2D eigenvalue weighted by molar-refractivity contribution is 6.67. The van der Waals surface area contributed by atoms with Crippen LogP contribution in [0.3, 0.4) is 0 Å². The Bertz CT molecular complexity index is 877. The molecular formula is C17H12ClFN2O2. The molecule has 0 fully saturated rings. The Labute approximate surface area is 137 Å². The predicted octanol–water partition coefficient (Wildman–Crippen LogP) is 4.07. The summed E-state index contributed by atoms with van der Waals surface area (Å²) in [5.74, 6) is -0.236. The fraction of sp³-hybridized carbons (Fsp3) is 0.0588. The maximum atomic E-state index is 13.9. The number of nitrogens with zero attached hydrogens (tertiary/aromatic N) is 2. The first-order valence-corrected chi connectivity index (χ1v) is 7.15. The van der Waals surface area contributed by atoms with E-state index in [1.165, 1.54) is 25.7 Å². The van der Waals surface area contributed by atoms with E-state index in [0.717, 1.165) is 11.3 Å². The molecule has 0 N–H and O–H groups in total. The van der Waals surface area contributed by atoms with E-state index in [4.69, 9.17) is 16.3 Å². The molecule has 2 aromatic carbocycles. The maximum Gasteiger partial charge on any atom is 0.272 e. The van der Waals surface area contributed by atoms with Crippen LogP contribution >= 0.6 is 11.6 Å². The van der Waals surface area contributed by atoms with Gasteiger partial charge < -0.3 is 9.30 Å². The topological polar surface area (TPSA) is 44.1 Å². The van der Waals surface area contributed by atoms with E-state index < -0.39 is 11.1 Å². The van der Waals surface area contributed by atoms with Crippen molar-refractivity contribution in [3.63, 3.8) is 0 Å². The summed E-state index contributed by atoms with van der Waals surface area (Å²) < 4.78 is 20.7. The molecule has 3 aromatic rings. The molecule has 0 saturated heterocycles. The van der Waals surface area contributed by atoms with E-state index in [2.05, 4.69) is 4.98 Å². The molecule has 0 radical (unpaired) electrons. The smallest absolute Gasteiger partial charge is 0.272 e. The molecule has 3 rings (SSSR count). The van der Waals surface area contributed by atoms with E-state index >= 15 is 0 Å². The largest absolute Gasteiger partial charge is 0.493 e. The second kappa shape index (κ2) is 6.22. The normalized spacial score (nSPS) is 10.6. The third kappa shape index (κ3) is 2.96. The van der Waals surface area contributed by atoms with Crippen LogP contribution in [0, 0.1) is 5.82 Å². The Kier molecular flexibility index (Phi) is 4.12. The number of rotatable bonds is 4. The van der Waals surface area contributed by atoms with Crippen LogP contribution in [0.15, 0.2) is 55.0 Å². The summed E-state index contributed by atoms with van der Waals surface area (Å²) >= 11 is 5.42. The molecule has 0 saturated carbocycles. The highest BCUT2D eigenvalue weighted by Crippen LogP contribution is 2.33. The molecule has 0 aliphatic rings. The van der Waals surface area contributed by atoms with Crippen LogP contribution in [0.2, 0.25) is 0 Å². The van der Waals surface area contributed by atoms with Crippen molar-refractivity contribution in [3.05, 3.63) is 66.5 Å². The zero-order valence-electron chi connectivity index (χ0n) is 12.2. The summed E-state index contributed by atoms with van der Waals surface area (Å²) in [6.45, 7) is 0. The van der Waals surface area contributed by atoms with Gasteiger partial charge in [-0.1, -0.05) is 24.3 Å². The van der Waals surface area contributed by atoms with Crippen molar-refractivity contribution in [2.45, 2.75) is 0 Å². The second-order valence-electron chi connectivity index (χ2n) is 4.81. The van der Waals surface area contributed by atoms with E-state index in [1.807, 2.05) is 24.3 Å². The summed E-state index contributed by atoms with van der Waals surface area (Å²) in [5.41, 5.74) is 2.36. The van der Waals surface area contributed by atoms with Gasteiger partial charge in [-0.05, 0) is 35.4 Å². The van der Waals surface area contributed by atoms with Crippen LogP contribution in [-0.4, -0.2) is 21.9 Å². The van der Waals surface area contributed by atoms with E-state index in [9.17, 15) is 9.18 Å². The highest BCUT2D eigenvalue weighted by Gasteiger charge is 2.12. The molecule has 0 amide bonds. The SMILES string of the molecule is COc1c(F)cccc1-c1cccc(-n2cnc(C(=O)Cl)c2)c1. The first-order valence-electron chi connectivity index (χ1n) is 6.77. The molecule has 6 heteroatoms. The monoisotopic (exact) mass is 330 g/mol. The number of ether oxygens (including phenoxy) is 1.